The van der Waals surface area contributed by atoms with E-state index in [-0.39, 0.29) is 5.70 Å². The Balaban J connectivity index is 2.42. The number of aromatic nitrogens is 1. The number of carbonyl (C=O) groups excluding carboxylic acids is 1. The van der Waals surface area contributed by atoms with Gasteiger partial charge >= 0.3 is 0 Å². The van der Waals surface area contributed by atoms with E-state index in [0.717, 1.165) is 5.69 Å². The van der Waals surface area contributed by atoms with Crippen LogP contribution in [0.2, 0.25) is 0 Å². The third-order valence-electron chi connectivity index (χ3n) is 1.57. The molecule has 5 nitrogen and oxygen atoms in total. The Kier molecular flexibility index (Phi) is 3.63. The quantitative estimate of drug-likeness (QED) is 0.471. The molecule has 74 valence electrons. The van der Waals surface area contributed by atoms with Gasteiger partial charge in [-0.1, -0.05) is 12.6 Å². The van der Waals surface area contributed by atoms with E-state index < -0.39 is 5.91 Å². The molecule has 3 N–H and O–H groups in total. The van der Waals surface area contributed by atoms with Gasteiger partial charge in [-0.3, -0.25) is 20.5 Å². The van der Waals surface area contributed by atoms with Gasteiger partial charge in [-0.2, -0.15) is 0 Å². The normalized spacial score (nSPS) is 9.21. The van der Waals surface area contributed by atoms with E-state index in [0.29, 0.717) is 6.54 Å². The molecule has 0 radical (unpaired) electrons. The number of rotatable bonds is 4. The monoisotopic (exact) mass is 193 g/mol. The maximum Gasteiger partial charge on any atom is 0.269 e. The highest BCUT2D eigenvalue weighted by Crippen LogP contribution is 1.92. The van der Waals surface area contributed by atoms with Gasteiger partial charge in [-0.05, 0) is 12.1 Å². The smallest absolute Gasteiger partial charge is 0.269 e. The summed E-state index contributed by atoms with van der Waals surface area (Å²) in [6.07, 6.45) is 1.64. The molecule has 1 aromatic heterocycles. The fourth-order valence-corrected chi connectivity index (χ4v) is 0.831. The summed E-state index contributed by atoms with van der Waals surface area (Å²) in [5.74, 6) is -0.460. The summed E-state index contributed by atoms with van der Waals surface area (Å²) in [6.45, 7) is 3.60. The maximum atomic E-state index is 11.1. The van der Waals surface area contributed by atoms with Crippen molar-refractivity contribution in [1.82, 2.24) is 15.8 Å². The molecule has 0 bridgehead atoms. The second-order valence-electron chi connectivity index (χ2n) is 2.59. The van der Waals surface area contributed by atoms with E-state index in [1.54, 1.807) is 23.8 Å². The predicted octanol–water partition coefficient (Wildman–Crippen LogP) is 0.190. The Labute approximate surface area is 81.4 Å². The molecule has 0 aromatic carbocycles. The van der Waals surface area contributed by atoms with Crippen molar-refractivity contribution in [3.63, 3.8) is 0 Å². The number of nitrogens with one attached hydrogen (secondary N) is 2. The minimum absolute atomic E-state index is 0.0964. The first-order chi connectivity index (χ1) is 6.74. The lowest BCUT2D eigenvalue weighted by molar-refractivity contribution is -0.118. The minimum Gasteiger partial charge on any atom is -0.345 e. The van der Waals surface area contributed by atoms with Crippen molar-refractivity contribution in [2.75, 3.05) is 0 Å². The number of hydroxylamine groups is 1. The average molecular weight is 193 g/mol. The first kappa shape index (κ1) is 10.2. The van der Waals surface area contributed by atoms with Crippen molar-refractivity contribution in [1.29, 1.82) is 0 Å². The molecule has 0 fully saturated rings. The van der Waals surface area contributed by atoms with Gasteiger partial charge in [-0.25, -0.2) is 0 Å². The lowest BCUT2D eigenvalue weighted by Crippen LogP contribution is -2.29. The highest BCUT2D eigenvalue weighted by Gasteiger charge is 2.04. The third kappa shape index (κ3) is 2.87. The number of nitrogens with zero attached hydrogens (tertiary/aromatic N) is 1. The summed E-state index contributed by atoms with van der Waals surface area (Å²) < 4.78 is 0. The molecule has 1 heterocycles. The summed E-state index contributed by atoms with van der Waals surface area (Å²) in [5, 5.41) is 10.9. The Hall–Kier alpha value is -1.88. The SMILES string of the molecule is C=C(NO)C(=O)NCc1ccccn1. The van der Waals surface area contributed by atoms with Crippen LogP contribution in [-0.2, 0) is 11.3 Å². The summed E-state index contributed by atoms with van der Waals surface area (Å²) in [4.78, 5) is 15.1. The molecular formula is C9H11N3O2. The molecule has 0 spiro atoms. The topological polar surface area (TPSA) is 74.2 Å². The van der Waals surface area contributed by atoms with Crippen LogP contribution in [0.4, 0.5) is 0 Å². The lowest BCUT2D eigenvalue weighted by Gasteiger charge is -2.05. The van der Waals surface area contributed by atoms with Crippen LogP contribution in [-0.4, -0.2) is 16.1 Å². The van der Waals surface area contributed by atoms with Gasteiger partial charge in [-0.15, -0.1) is 0 Å². The summed E-state index contributed by atoms with van der Waals surface area (Å²) in [7, 11) is 0. The molecule has 0 unspecified atom stereocenters. The van der Waals surface area contributed by atoms with Crippen LogP contribution in [0, 0.1) is 0 Å². The molecule has 1 aromatic rings. The van der Waals surface area contributed by atoms with Gasteiger partial charge in [0.15, 0.2) is 0 Å². The molecule has 1 amide bonds. The van der Waals surface area contributed by atoms with Crippen molar-refractivity contribution >= 4 is 5.91 Å². The molecule has 0 atom stereocenters. The van der Waals surface area contributed by atoms with Crippen molar-refractivity contribution in [2.24, 2.45) is 0 Å². The van der Waals surface area contributed by atoms with E-state index in [1.807, 2.05) is 6.07 Å². The molecule has 0 saturated carbocycles. The van der Waals surface area contributed by atoms with Gasteiger partial charge in [0.25, 0.3) is 5.91 Å². The Morgan fingerprint density at radius 2 is 2.36 bits per heavy atom. The van der Waals surface area contributed by atoms with Crippen molar-refractivity contribution < 1.29 is 10.0 Å². The van der Waals surface area contributed by atoms with Crippen molar-refractivity contribution in [3.8, 4) is 0 Å². The summed E-state index contributed by atoms with van der Waals surface area (Å²) >= 11 is 0. The van der Waals surface area contributed by atoms with Gasteiger partial charge in [0, 0.05) is 6.20 Å². The second kappa shape index (κ2) is 4.98. The molecule has 0 aliphatic carbocycles. The van der Waals surface area contributed by atoms with E-state index in [4.69, 9.17) is 5.21 Å². The Morgan fingerprint density at radius 1 is 1.57 bits per heavy atom. The van der Waals surface area contributed by atoms with Crippen LogP contribution in [0.25, 0.3) is 0 Å². The highest BCUT2D eigenvalue weighted by molar-refractivity contribution is 5.91. The van der Waals surface area contributed by atoms with Crippen molar-refractivity contribution in [3.05, 3.63) is 42.4 Å². The third-order valence-corrected chi connectivity index (χ3v) is 1.57. The number of hydrogen-bond acceptors (Lipinski definition) is 4. The number of amides is 1. The maximum absolute atomic E-state index is 11.1. The van der Waals surface area contributed by atoms with Gasteiger partial charge in [0.1, 0.15) is 5.70 Å². The fraction of sp³-hybridized carbons (Fsp3) is 0.111. The van der Waals surface area contributed by atoms with Crippen LogP contribution in [0.3, 0.4) is 0 Å². The molecule has 0 saturated heterocycles. The van der Waals surface area contributed by atoms with E-state index >= 15 is 0 Å². The van der Waals surface area contributed by atoms with E-state index in [1.165, 1.54) is 0 Å². The van der Waals surface area contributed by atoms with Crippen LogP contribution < -0.4 is 10.8 Å². The molecule has 0 aliphatic heterocycles. The lowest BCUT2D eigenvalue weighted by atomic mass is 10.3. The number of pyridine rings is 1. The van der Waals surface area contributed by atoms with Gasteiger partial charge in [0.05, 0.1) is 12.2 Å². The Bertz CT molecular complexity index is 324. The van der Waals surface area contributed by atoms with Crippen LogP contribution in [0.5, 0.6) is 0 Å². The van der Waals surface area contributed by atoms with Gasteiger partial charge < -0.3 is 5.32 Å². The molecule has 5 heteroatoms. The fourth-order valence-electron chi connectivity index (χ4n) is 0.831. The zero-order chi connectivity index (χ0) is 10.4. The zero-order valence-corrected chi connectivity index (χ0v) is 7.53. The largest absolute Gasteiger partial charge is 0.345 e. The highest BCUT2D eigenvalue weighted by atomic mass is 16.5. The van der Waals surface area contributed by atoms with Crippen molar-refractivity contribution in [2.45, 2.75) is 6.54 Å². The number of carbonyl (C=O) groups is 1. The summed E-state index contributed by atoms with van der Waals surface area (Å²) in [5.41, 5.74) is 2.32. The minimum atomic E-state index is -0.460. The van der Waals surface area contributed by atoms with Crippen LogP contribution in [0.1, 0.15) is 5.69 Å². The second-order valence-corrected chi connectivity index (χ2v) is 2.59. The van der Waals surface area contributed by atoms with E-state index in [2.05, 4.69) is 16.9 Å². The molecular weight excluding hydrogens is 182 g/mol. The summed E-state index contributed by atoms with van der Waals surface area (Å²) in [6, 6.07) is 5.41. The first-order valence-electron chi connectivity index (χ1n) is 4.01. The van der Waals surface area contributed by atoms with Crippen LogP contribution in [0.15, 0.2) is 36.7 Å². The predicted molar refractivity (Wildman–Crippen MR) is 50.1 cm³/mol. The molecule has 14 heavy (non-hydrogen) atoms. The zero-order valence-electron chi connectivity index (χ0n) is 7.53. The van der Waals surface area contributed by atoms with E-state index in [9.17, 15) is 4.79 Å². The average Bonchev–Trinajstić information content (AvgIpc) is 2.26. The van der Waals surface area contributed by atoms with Crippen LogP contribution >= 0.6 is 0 Å². The Morgan fingerprint density at radius 3 is 2.93 bits per heavy atom. The standard InChI is InChI=1S/C9H11N3O2/c1-7(12-14)9(13)11-6-8-4-2-3-5-10-8/h2-5,12,14H,1,6H2,(H,11,13). The van der Waals surface area contributed by atoms with Gasteiger partial charge in [0.2, 0.25) is 0 Å². The molecule has 0 aliphatic rings. The first-order valence-corrected chi connectivity index (χ1v) is 4.01. The number of hydrogen-bond donors (Lipinski definition) is 3. The molecule has 1 rings (SSSR count).